The molecule has 0 fully saturated rings. The van der Waals surface area contributed by atoms with E-state index < -0.39 is 0 Å². The van der Waals surface area contributed by atoms with Crippen LogP contribution in [0.1, 0.15) is 30.4 Å². The van der Waals surface area contributed by atoms with Crippen molar-refractivity contribution in [2.45, 2.75) is 25.8 Å². The molecule has 0 radical (unpaired) electrons. The van der Waals surface area contributed by atoms with E-state index in [4.69, 9.17) is 0 Å². The van der Waals surface area contributed by atoms with Gasteiger partial charge in [-0.1, -0.05) is 49.4 Å². The maximum absolute atomic E-state index is 13.1. The first kappa shape index (κ1) is 17.9. The van der Waals surface area contributed by atoms with Crippen LogP contribution in [-0.2, 0) is 18.4 Å². The summed E-state index contributed by atoms with van der Waals surface area (Å²) < 4.78 is 14.9. The fourth-order valence-corrected chi connectivity index (χ4v) is 3.08. The van der Waals surface area contributed by atoms with E-state index in [2.05, 4.69) is 10.4 Å². The van der Waals surface area contributed by atoms with Gasteiger partial charge < -0.3 is 5.32 Å². The summed E-state index contributed by atoms with van der Waals surface area (Å²) in [5, 5.41) is 7.52. The summed E-state index contributed by atoms with van der Waals surface area (Å²) in [7, 11) is 1.87. The maximum Gasteiger partial charge on any atom is 0.227 e. The van der Waals surface area contributed by atoms with E-state index in [9.17, 15) is 9.18 Å². The highest BCUT2D eigenvalue weighted by molar-refractivity contribution is 5.83. The zero-order valence-corrected chi connectivity index (χ0v) is 14.9. The number of hydrogen-bond acceptors (Lipinski definition) is 2. The lowest BCUT2D eigenvalue weighted by atomic mass is 9.95. The van der Waals surface area contributed by atoms with Crippen molar-refractivity contribution >= 4 is 5.91 Å². The van der Waals surface area contributed by atoms with Crippen molar-refractivity contribution in [2.75, 3.05) is 0 Å². The number of carbonyl (C=O) groups excluding carboxylic acids is 1. The summed E-state index contributed by atoms with van der Waals surface area (Å²) in [6.07, 6.45) is 2.57. The first-order valence-corrected chi connectivity index (χ1v) is 8.69. The number of hydrogen-bond donors (Lipinski definition) is 1. The van der Waals surface area contributed by atoms with Gasteiger partial charge in [-0.25, -0.2) is 4.39 Å². The standard InChI is InChI=1S/C21H22FN3O/c1-3-19(15-9-11-18(22)12-10-15)21(26)23-13-17-14-25(2)24-20(17)16-7-5-4-6-8-16/h4-12,14,19H,3,13H2,1-2H3,(H,23,26). The Morgan fingerprint density at radius 1 is 1.15 bits per heavy atom. The summed E-state index contributed by atoms with van der Waals surface area (Å²) in [4.78, 5) is 12.7. The molecule has 1 aromatic heterocycles. The van der Waals surface area contributed by atoms with Gasteiger partial charge in [-0.05, 0) is 24.1 Å². The maximum atomic E-state index is 13.1. The van der Waals surface area contributed by atoms with Crippen LogP contribution >= 0.6 is 0 Å². The van der Waals surface area contributed by atoms with Gasteiger partial charge in [0.25, 0.3) is 0 Å². The average Bonchev–Trinajstić information content (AvgIpc) is 3.03. The predicted molar refractivity (Wildman–Crippen MR) is 99.9 cm³/mol. The van der Waals surface area contributed by atoms with Crippen molar-refractivity contribution in [3.05, 3.63) is 77.7 Å². The second-order valence-corrected chi connectivity index (χ2v) is 6.27. The molecule has 0 bridgehead atoms. The van der Waals surface area contributed by atoms with Crippen LogP contribution < -0.4 is 5.32 Å². The molecule has 1 amide bonds. The fraction of sp³-hybridized carbons (Fsp3) is 0.238. The van der Waals surface area contributed by atoms with Crippen molar-refractivity contribution in [1.82, 2.24) is 15.1 Å². The normalized spacial score (nSPS) is 12.0. The van der Waals surface area contributed by atoms with E-state index in [0.29, 0.717) is 13.0 Å². The molecule has 0 spiro atoms. The first-order chi connectivity index (χ1) is 12.6. The van der Waals surface area contributed by atoms with Crippen molar-refractivity contribution in [3.8, 4) is 11.3 Å². The minimum Gasteiger partial charge on any atom is -0.351 e. The lowest BCUT2D eigenvalue weighted by Gasteiger charge is -2.15. The molecule has 1 heterocycles. The lowest BCUT2D eigenvalue weighted by molar-refractivity contribution is -0.122. The Bertz CT molecular complexity index is 872. The van der Waals surface area contributed by atoms with E-state index in [1.807, 2.05) is 50.5 Å². The molecule has 2 aromatic carbocycles. The molecular weight excluding hydrogens is 329 g/mol. The molecular formula is C21H22FN3O. The number of aryl methyl sites for hydroxylation is 1. The fourth-order valence-electron chi connectivity index (χ4n) is 3.08. The smallest absolute Gasteiger partial charge is 0.227 e. The molecule has 1 N–H and O–H groups in total. The molecule has 1 unspecified atom stereocenters. The van der Waals surface area contributed by atoms with Gasteiger partial charge >= 0.3 is 0 Å². The number of amides is 1. The monoisotopic (exact) mass is 351 g/mol. The molecule has 5 heteroatoms. The quantitative estimate of drug-likeness (QED) is 0.729. The van der Waals surface area contributed by atoms with E-state index in [1.165, 1.54) is 12.1 Å². The van der Waals surface area contributed by atoms with Crippen molar-refractivity contribution in [2.24, 2.45) is 7.05 Å². The Hall–Kier alpha value is -2.95. The topological polar surface area (TPSA) is 46.9 Å². The summed E-state index contributed by atoms with van der Waals surface area (Å²) in [6, 6.07) is 16.0. The zero-order chi connectivity index (χ0) is 18.5. The third kappa shape index (κ3) is 3.99. The molecule has 4 nitrogen and oxygen atoms in total. The highest BCUT2D eigenvalue weighted by atomic mass is 19.1. The van der Waals surface area contributed by atoms with Gasteiger partial charge in [0.1, 0.15) is 5.82 Å². The number of rotatable bonds is 6. The number of aromatic nitrogens is 2. The minimum absolute atomic E-state index is 0.0676. The molecule has 0 aliphatic carbocycles. The molecule has 26 heavy (non-hydrogen) atoms. The van der Waals surface area contributed by atoms with Gasteiger partial charge in [-0.2, -0.15) is 5.10 Å². The van der Waals surface area contributed by atoms with Crippen LogP contribution in [0.25, 0.3) is 11.3 Å². The summed E-state index contributed by atoms with van der Waals surface area (Å²) in [5.74, 6) is -0.665. The van der Waals surface area contributed by atoms with Gasteiger partial charge in [0.2, 0.25) is 5.91 Å². The van der Waals surface area contributed by atoms with Crippen LogP contribution in [-0.4, -0.2) is 15.7 Å². The third-order valence-electron chi connectivity index (χ3n) is 4.40. The predicted octanol–water partition coefficient (Wildman–Crippen LogP) is 4.04. The largest absolute Gasteiger partial charge is 0.351 e. The van der Waals surface area contributed by atoms with E-state index in [1.54, 1.807) is 16.8 Å². The Morgan fingerprint density at radius 3 is 2.50 bits per heavy atom. The van der Waals surface area contributed by atoms with Crippen LogP contribution in [0.5, 0.6) is 0 Å². The molecule has 0 saturated carbocycles. The molecule has 0 aliphatic heterocycles. The van der Waals surface area contributed by atoms with Gasteiger partial charge in [-0.15, -0.1) is 0 Å². The van der Waals surface area contributed by atoms with Crippen LogP contribution in [0.4, 0.5) is 4.39 Å². The molecule has 0 aliphatic rings. The van der Waals surface area contributed by atoms with Gasteiger partial charge in [0.15, 0.2) is 0 Å². The number of nitrogens with one attached hydrogen (secondary N) is 1. The Labute approximate surface area is 152 Å². The number of benzene rings is 2. The number of carbonyl (C=O) groups is 1. The average molecular weight is 351 g/mol. The van der Waals surface area contributed by atoms with Crippen LogP contribution in [0.2, 0.25) is 0 Å². The molecule has 1 atom stereocenters. The second-order valence-electron chi connectivity index (χ2n) is 6.27. The first-order valence-electron chi connectivity index (χ1n) is 8.69. The van der Waals surface area contributed by atoms with Gasteiger partial charge in [0, 0.05) is 30.9 Å². The minimum atomic E-state index is -0.299. The van der Waals surface area contributed by atoms with E-state index >= 15 is 0 Å². The molecule has 3 rings (SSSR count). The van der Waals surface area contributed by atoms with Crippen molar-refractivity contribution < 1.29 is 9.18 Å². The van der Waals surface area contributed by atoms with E-state index in [0.717, 1.165) is 22.4 Å². The van der Waals surface area contributed by atoms with Crippen molar-refractivity contribution in [3.63, 3.8) is 0 Å². The summed E-state index contributed by atoms with van der Waals surface area (Å²) in [5.41, 5.74) is 3.66. The molecule has 134 valence electrons. The van der Waals surface area contributed by atoms with E-state index in [-0.39, 0.29) is 17.6 Å². The number of nitrogens with zero attached hydrogens (tertiary/aromatic N) is 2. The Morgan fingerprint density at radius 2 is 1.85 bits per heavy atom. The summed E-state index contributed by atoms with van der Waals surface area (Å²) >= 11 is 0. The SMILES string of the molecule is CCC(C(=O)NCc1cn(C)nc1-c1ccccc1)c1ccc(F)cc1. The summed E-state index contributed by atoms with van der Waals surface area (Å²) in [6.45, 7) is 2.35. The van der Waals surface area contributed by atoms with Crippen LogP contribution in [0, 0.1) is 5.82 Å². The zero-order valence-electron chi connectivity index (χ0n) is 14.9. The van der Waals surface area contributed by atoms with Gasteiger partial charge in [0.05, 0.1) is 11.6 Å². The Kier molecular flexibility index (Phi) is 5.46. The Balaban J connectivity index is 1.74. The molecule has 3 aromatic rings. The lowest BCUT2D eigenvalue weighted by Crippen LogP contribution is -2.28. The third-order valence-corrected chi connectivity index (χ3v) is 4.40. The molecule has 0 saturated heterocycles. The number of halogens is 1. The second kappa shape index (κ2) is 7.95. The van der Waals surface area contributed by atoms with Crippen LogP contribution in [0.3, 0.4) is 0 Å². The highest BCUT2D eigenvalue weighted by Crippen LogP contribution is 2.23. The van der Waals surface area contributed by atoms with Crippen LogP contribution in [0.15, 0.2) is 60.8 Å². The van der Waals surface area contributed by atoms with Gasteiger partial charge in [-0.3, -0.25) is 9.48 Å². The highest BCUT2D eigenvalue weighted by Gasteiger charge is 2.19. The van der Waals surface area contributed by atoms with Crippen molar-refractivity contribution in [1.29, 1.82) is 0 Å².